The Hall–Kier alpha value is -3.85. The second-order valence-corrected chi connectivity index (χ2v) is 6.31. The van der Waals surface area contributed by atoms with E-state index < -0.39 is 18.5 Å². The second-order valence-electron chi connectivity index (χ2n) is 5.87. The molecule has 0 saturated heterocycles. The molecule has 2 heterocycles. The number of nitrogens with one attached hydrogen (secondary N) is 1. The number of nitrogens with zero attached hydrogens (tertiary/aromatic N) is 5. The molecule has 0 atom stereocenters. The molecule has 0 bridgehead atoms. The van der Waals surface area contributed by atoms with E-state index in [1.807, 2.05) is 6.07 Å². The number of rotatable bonds is 5. The average Bonchev–Trinajstić information content (AvgIpc) is 3.26. The summed E-state index contributed by atoms with van der Waals surface area (Å²) in [6, 6.07) is 12.0. The Kier molecular flexibility index (Phi) is 5.12. The number of halogens is 1. The van der Waals surface area contributed by atoms with Gasteiger partial charge in [-0.1, -0.05) is 23.7 Å². The predicted octanol–water partition coefficient (Wildman–Crippen LogP) is 2.66. The summed E-state index contributed by atoms with van der Waals surface area (Å²) in [4.78, 5) is 36.7. The zero-order valence-electron chi connectivity index (χ0n) is 14.8. The predicted molar refractivity (Wildman–Crippen MR) is 105 cm³/mol. The molecular formula is C19H13ClN6O3. The number of carbonyl (C=O) groups excluding carboxylic acids is 2. The first-order chi connectivity index (χ1) is 14.1. The molecule has 2 aromatic carbocycles. The Morgan fingerprint density at radius 1 is 1.14 bits per heavy atom. The van der Waals surface area contributed by atoms with Crippen molar-refractivity contribution in [1.82, 2.24) is 24.7 Å². The number of para-hydroxylation sites is 2. The Balaban J connectivity index is 1.44. The highest BCUT2D eigenvalue weighted by molar-refractivity contribution is 6.31. The fraction of sp³-hybridized carbons (Fsp3) is 0.0526. The van der Waals surface area contributed by atoms with E-state index in [2.05, 4.69) is 25.4 Å². The third-order valence-electron chi connectivity index (χ3n) is 3.89. The van der Waals surface area contributed by atoms with Crippen LogP contribution in [0.3, 0.4) is 0 Å². The zero-order chi connectivity index (χ0) is 20.2. The lowest BCUT2D eigenvalue weighted by Gasteiger charge is -2.11. The first-order valence-electron chi connectivity index (χ1n) is 8.43. The molecule has 4 aromatic rings. The van der Waals surface area contributed by atoms with Gasteiger partial charge in [-0.05, 0) is 30.3 Å². The number of aromatic nitrogens is 5. The van der Waals surface area contributed by atoms with Crippen LogP contribution in [0.1, 0.15) is 10.5 Å². The number of hydrogen-bond acceptors (Lipinski definition) is 7. The van der Waals surface area contributed by atoms with E-state index in [1.54, 1.807) is 36.4 Å². The fourth-order valence-corrected chi connectivity index (χ4v) is 2.76. The van der Waals surface area contributed by atoms with Gasteiger partial charge in [0.25, 0.3) is 5.91 Å². The lowest BCUT2D eigenvalue weighted by Crippen LogP contribution is -2.22. The van der Waals surface area contributed by atoms with Gasteiger partial charge in [0.2, 0.25) is 0 Å². The van der Waals surface area contributed by atoms with E-state index in [0.29, 0.717) is 27.4 Å². The lowest BCUT2D eigenvalue weighted by atomic mass is 10.2. The van der Waals surface area contributed by atoms with Crippen molar-refractivity contribution < 1.29 is 14.3 Å². The summed E-state index contributed by atoms with van der Waals surface area (Å²) < 4.78 is 6.53. The van der Waals surface area contributed by atoms with Crippen LogP contribution >= 0.6 is 11.6 Å². The second kappa shape index (κ2) is 8.03. The van der Waals surface area contributed by atoms with Crippen molar-refractivity contribution >= 4 is 40.2 Å². The summed E-state index contributed by atoms with van der Waals surface area (Å²) >= 11 is 6.02. The van der Waals surface area contributed by atoms with E-state index in [0.717, 1.165) is 0 Å². The molecular weight excluding hydrogens is 396 g/mol. The lowest BCUT2D eigenvalue weighted by molar-refractivity contribution is -0.119. The SMILES string of the molecule is O=C(COC(=O)c1cnc2ccccc2n1)Nc1cc(Cl)ccc1-n1cncn1. The molecule has 1 amide bonds. The van der Waals surface area contributed by atoms with Crippen LogP contribution in [-0.4, -0.2) is 43.2 Å². The molecule has 9 nitrogen and oxygen atoms in total. The van der Waals surface area contributed by atoms with Crippen LogP contribution in [0.2, 0.25) is 5.02 Å². The van der Waals surface area contributed by atoms with E-state index in [-0.39, 0.29) is 5.69 Å². The molecule has 0 saturated carbocycles. The van der Waals surface area contributed by atoms with Crippen LogP contribution in [0.4, 0.5) is 5.69 Å². The Bertz CT molecular complexity index is 1200. The Morgan fingerprint density at radius 3 is 2.76 bits per heavy atom. The van der Waals surface area contributed by atoms with Gasteiger partial charge in [0.05, 0.1) is 28.6 Å². The number of benzene rings is 2. The molecule has 0 unspecified atom stereocenters. The molecule has 0 aliphatic rings. The van der Waals surface area contributed by atoms with Crippen molar-refractivity contribution in [2.45, 2.75) is 0 Å². The first kappa shape index (κ1) is 18.5. The minimum Gasteiger partial charge on any atom is -0.451 e. The maximum absolute atomic E-state index is 12.3. The summed E-state index contributed by atoms with van der Waals surface area (Å²) in [5.41, 5.74) is 2.19. The normalized spacial score (nSPS) is 10.7. The maximum Gasteiger partial charge on any atom is 0.359 e. The third kappa shape index (κ3) is 4.19. The van der Waals surface area contributed by atoms with Crippen LogP contribution in [0.25, 0.3) is 16.7 Å². The highest BCUT2D eigenvalue weighted by Gasteiger charge is 2.15. The molecule has 0 radical (unpaired) electrons. The van der Waals surface area contributed by atoms with E-state index >= 15 is 0 Å². The van der Waals surface area contributed by atoms with E-state index in [1.165, 1.54) is 23.5 Å². The number of carbonyl (C=O) groups is 2. The van der Waals surface area contributed by atoms with Crippen molar-refractivity contribution in [1.29, 1.82) is 0 Å². The molecule has 4 rings (SSSR count). The van der Waals surface area contributed by atoms with Gasteiger partial charge in [-0.15, -0.1) is 0 Å². The average molecular weight is 409 g/mol. The number of fused-ring (bicyclic) bond motifs is 1. The summed E-state index contributed by atoms with van der Waals surface area (Å²) in [5, 5.41) is 7.11. The Labute approximate surface area is 169 Å². The van der Waals surface area contributed by atoms with Gasteiger partial charge in [0.15, 0.2) is 12.3 Å². The first-order valence-corrected chi connectivity index (χ1v) is 8.81. The van der Waals surface area contributed by atoms with E-state index in [4.69, 9.17) is 16.3 Å². The highest BCUT2D eigenvalue weighted by Crippen LogP contribution is 2.23. The third-order valence-corrected chi connectivity index (χ3v) is 4.13. The van der Waals surface area contributed by atoms with Gasteiger partial charge in [-0.3, -0.25) is 9.78 Å². The van der Waals surface area contributed by atoms with Crippen LogP contribution in [0.15, 0.2) is 61.3 Å². The highest BCUT2D eigenvalue weighted by atomic mass is 35.5. The summed E-state index contributed by atoms with van der Waals surface area (Å²) in [7, 11) is 0. The molecule has 0 aliphatic heterocycles. The van der Waals surface area contributed by atoms with Crippen molar-refractivity contribution in [3.05, 3.63) is 72.0 Å². The monoisotopic (exact) mass is 408 g/mol. The number of esters is 1. The number of hydrogen-bond donors (Lipinski definition) is 1. The smallest absolute Gasteiger partial charge is 0.359 e. The molecule has 29 heavy (non-hydrogen) atoms. The van der Waals surface area contributed by atoms with Crippen LogP contribution in [-0.2, 0) is 9.53 Å². The molecule has 0 spiro atoms. The molecule has 144 valence electrons. The number of amides is 1. The number of ether oxygens (including phenoxy) is 1. The molecule has 10 heteroatoms. The molecule has 0 fully saturated rings. The van der Waals surface area contributed by atoms with Crippen molar-refractivity contribution in [3.63, 3.8) is 0 Å². The standard InChI is InChI=1S/C19H13ClN6O3/c20-12-5-6-17(26-11-21-10-23-26)15(7-12)25-18(27)9-29-19(28)16-8-22-13-3-1-2-4-14(13)24-16/h1-8,10-11H,9H2,(H,25,27). The number of anilines is 1. The summed E-state index contributed by atoms with van der Waals surface area (Å²) in [6.07, 6.45) is 4.16. The summed E-state index contributed by atoms with van der Waals surface area (Å²) in [5.74, 6) is -1.29. The van der Waals surface area contributed by atoms with Crippen molar-refractivity contribution in [2.24, 2.45) is 0 Å². The van der Waals surface area contributed by atoms with Gasteiger partial charge in [-0.25, -0.2) is 19.4 Å². The molecule has 1 N–H and O–H groups in total. The largest absolute Gasteiger partial charge is 0.451 e. The van der Waals surface area contributed by atoms with Gasteiger partial charge in [0, 0.05) is 5.02 Å². The quantitative estimate of drug-likeness (QED) is 0.505. The fourth-order valence-electron chi connectivity index (χ4n) is 2.59. The van der Waals surface area contributed by atoms with Gasteiger partial charge in [0.1, 0.15) is 12.7 Å². The van der Waals surface area contributed by atoms with Crippen molar-refractivity contribution in [2.75, 3.05) is 11.9 Å². The van der Waals surface area contributed by atoms with Gasteiger partial charge >= 0.3 is 5.97 Å². The summed E-state index contributed by atoms with van der Waals surface area (Å²) in [6.45, 7) is -0.503. The van der Waals surface area contributed by atoms with Crippen LogP contribution in [0, 0.1) is 0 Å². The molecule has 0 aliphatic carbocycles. The molecule has 2 aromatic heterocycles. The maximum atomic E-state index is 12.3. The minimum atomic E-state index is -0.749. The van der Waals surface area contributed by atoms with Crippen LogP contribution in [0.5, 0.6) is 0 Å². The van der Waals surface area contributed by atoms with E-state index in [9.17, 15) is 9.59 Å². The van der Waals surface area contributed by atoms with Gasteiger partial charge < -0.3 is 10.1 Å². The topological polar surface area (TPSA) is 112 Å². The van der Waals surface area contributed by atoms with Crippen molar-refractivity contribution in [3.8, 4) is 5.69 Å². The minimum absolute atomic E-state index is 0.0163. The van der Waals surface area contributed by atoms with Gasteiger partial charge in [-0.2, -0.15) is 5.10 Å². The zero-order valence-corrected chi connectivity index (χ0v) is 15.6. The van der Waals surface area contributed by atoms with Crippen LogP contribution < -0.4 is 5.32 Å². The Morgan fingerprint density at radius 2 is 1.97 bits per heavy atom.